The zero-order chi connectivity index (χ0) is 12.7. The van der Waals surface area contributed by atoms with Crippen LogP contribution in [0.5, 0.6) is 0 Å². The highest BCUT2D eigenvalue weighted by Gasteiger charge is 2.21. The van der Waals surface area contributed by atoms with E-state index in [4.69, 9.17) is 5.73 Å². The first-order valence-electron chi connectivity index (χ1n) is 5.68. The lowest BCUT2D eigenvalue weighted by Crippen LogP contribution is -2.47. The highest BCUT2D eigenvalue weighted by Crippen LogP contribution is 2.00. The normalized spacial score (nSPS) is 12.1. The van der Waals surface area contributed by atoms with E-state index >= 15 is 0 Å². The van der Waals surface area contributed by atoms with E-state index in [1.165, 1.54) is 9.80 Å². The Morgan fingerprint density at radius 1 is 1.25 bits per heavy atom. The van der Waals surface area contributed by atoms with Crippen LogP contribution in [0.3, 0.4) is 0 Å². The predicted octanol–water partition coefficient (Wildman–Crippen LogP) is 0.0505. The zero-order valence-electron chi connectivity index (χ0n) is 10.7. The van der Waals surface area contributed by atoms with Gasteiger partial charge in [0.05, 0.1) is 12.6 Å². The Kier molecular flexibility index (Phi) is 6.72. The molecule has 94 valence electrons. The fraction of sp³-hybridized carbons (Fsp3) is 0.818. The van der Waals surface area contributed by atoms with Gasteiger partial charge < -0.3 is 15.5 Å². The minimum atomic E-state index is -0.486. The van der Waals surface area contributed by atoms with Crippen molar-refractivity contribution in [3.63, 3.8) is 0 Å². The highest BCUT2D eigenvalue weighted by atomic mass is 16.2. The minimum absolute atomic E-state index is 0.0844. The van der Waals surface area contributed by atoms with E-state index in [0.29, 0.717) is 13.0 Å². The van der Waals surface area contributed by atoms with Gasteiger partial charge in [-0.2, -0.15) is 0 Å². The van der Waals surface area contributed by atoms with Crippen LogP contribution in [-0.2, 0) is 9.59 Å². The second-order valence-electron chi connectivity index (χ2n) is 4.04. The van der Waals surface area contributed by atoms with Gasteiger partial charge in [-0.15, -0.1) is 0 Å². The largest absolute Gasteiger partial charge is 0.347 e. The number of likely N-dealkylation sites (N-methyl/N-ethyl adjacent to an activating group) is 2. The van der Waals surface area contributed by atoms with Gasteiger partial charge in [-0.3, -0.25) is 9.59 Å². The van der Waals surface area contributed by atoms with Crippen LogP contribution in [-0.4, -0.2) is 54.8 Å². The van der Waals surface area contributed by atoms with Crippen LogP contribution >= 0.6 is 0 Å². The zero-order valence-corrected chi connectivity index (χ0v) is 10.7. The highest BCUT2D eigenvalue weighted by molar-refractivity contribution is 5.87. The predicted molar refractivity (Wildman–Crippen MR) is 63.8 cm³/mol. The van der Waals surface area contributed by atoms with Gasteiger partial charge >= 0.3 is 0 Å². The molecule has 16 heavy (non-hydrogen) atoms. The molecule has 0 aromatic carbocycles. The molecule has 0 radical (unpaired) electrons. The number of hydrogen-bond acceptors (Lipinski definition) is 3. The van der Waals surface area contributed by atoms with Crippen molar-refractivity contribution < 1.29 is 9.59 Å². The van der Waals surface area contributed by atoms with Gasteiger partial charge in [0.25, 0.3) is 0 Å². The molecule has 0 saturated heterocycles. The van der Waals surface area contributed by atoms with Crippen LogP contribution in [0.4, 0.5) is 0 Å². The molecular weight excluding hydrogens is 206 g/mol. The molecule has 0 aliphatic carbocycles. The quantitative estimate of drug-likeness (QED) is 0.700. The summed E-state index contributed by atoms with van der Waals surface area (Å²) in [4.78, 5) is 26.3. The maximum atomic E-state index is 11.9. The first-order valence-corrected chi connectivity index (χ1v) is 5.68. The van der Waals surface area contributed by atoms with Crippen molar-refractivity contribution in [2.45, 2.75) is 32.7 Å². The van der Waals surface area contributed by atoms with Crippen molar-refractivity contribution in [2.75, 3.05) is 27.2 Å². The summed E-state index contributed by atoms with van der Waals surface area (Å²) in [7, 11) is 3.35. The Bertz CT molecular complexity index is 241. The maximum absolute atomic E-state index is 11.9. The van der Waals surface area contributed by atoms with Crippen molar-refractivity contribution in [3.8, 4) is 0 Å². The number of hydrogen-bond donors (Lipinski definition) is 1. The Hall–Kier alpha value is -1.10. The van der Waals surface area contributed by atoms with Gasteiger partial charge in [0.2, 0.25) is 11.8 Å². The van der Waals surface area contributed by atoms with E-state index in [1.54, 1.807) is 14.1 Å². The van der Waals surface area contributed by atoms with Crippen molar-refractivity contribution in [1.29, 1.82) is 0 Å². The van der Waals surface area contributed by atoms with E-state index in [1.807, 2.05) is 13.8 Å². The number of amides is 2. The number of nitrogens with two attached hydrogens (primary N) is 1. The number of carbonyl (C=O) groups is 2. The summed E-state index contributed by atoms with van der Waals surface area (Å²) in [6.45, 7) is 4.45. The van der Waals surface area contributed by atoms with Gasteiger partial charge in [0, 0.05) is 20.6 Å². The van der Waals surface area contributed by atoms with Crippen LogP contribution < -0.4 is 5.73 Å². The number of rotatable bonds is 6. The molecule has 0 aliphatic heterocycles. The fourth-order valence-electron chi connectivity index (χ4n) is 1.32. The average Bonchev–Trinajstić information content (AvgIpc) is 2.24. The number of nitrogens with zero attached hydrogens (tertiary/aromatic N) is 2. The smallest absolute Gasteiger partial charge is 0.241 e. The molecule has 0 saturated carbocycles. The van der Waals surface area contributed by atoms with E-state index < -0.39 is 6.04 Å². The maximum Gasteiger partial charge on any atom is 0.241 e. The summed E-state index contributed by atoms with van der Waals surface area (Å²) < 4.78 is 0. The topological polar surface area (TPSA) is 66.6 Å². The van der Waals surface area contributed by atoms with E-state index in [2.05, 4.69) is 0 Å². The Morgan fingerprint density at radius 3 is 2.19 bits per heavy atom. The fourth-order valence-corrected chi connectivity index (χ4v) is 1.32. The van der Waals surface area contributed by atoms with E-state index in [9.17, 15) is 9.59 Å². The average molecular weight is 229 g/mol. The lowest BCUT2D eigenvalue weighted by molar-refractivity contribution is -0.139. The van der Waals surface area contributed by atoms with Crippen LogP contribution in [0, 0.1) is 0 Å². The Balaban J connectivity index is 4.37. The summed E-state index contributed by atoms with van der Waals surface area (Å²) in [6, 6.07) is -0.486. The lowest BCUT2D eigenvalue weighted by atomic mass is 10.1. The van der Waals surface area contributed by atoms with Crippen molar-refractivity contribution in [2.24, 2.45) is 5.73 Å². The molecule has 0 fully saturated rings. The molecule has 0 heterocycles. The first kappa shape index (κ1) is 14.9. The van der Waals surface area contributed by atoms with E-state index in [-0.39, 0.29) is 18.4 Å². The summed E-state index contributed by atoms with van der Waals surface area (Å²) in [5, 5.41) is 0. The van der Waals surface area contributed by atoms with Gasteiger partial charge in [0.1, 0.15) is 0 Å². The molecule has 0 bridgehead atoms. The van der Waals surface area contributed by atoms with Gasteiger partial charge in [0.15, 0.2) is 0 Å². The third-order valence-corrected chi connectivity index (χ3v) is 2.44. The van der Waals surface area contributed by atoms with Crippen LogP contribution in [0.25, 0.3) is 0 Å². The molecule has 0 aromatic rings. The molecule has 5 nitrogen and oxygen atoms in total. The standard InChI is InChI=1S/C11H23N3O2/c1-5-7-9(12)11(16)14(6-2)8-10(15)13(3)4/h9H,5-8,12H2,1-4H3. The summed E-state index contributed by atoms with van der Waals surface area (Å²) in [6.07, 6.45) is 1.53. The van der Waals surface area contributed by atoms with Crippen LogP contribution in [0.2, 0.25) is 0 Å². The molecule has 0 spiro atoms. The van der Waals surface area contributed by atoms with Gasteiger partial charge in [-0.25, -0.2) is 0 Å². The summed E-state index contributed by atoms with van der Waals surface area (Å²) >= 11 is 0. The monoisotopic (exact) mass is 229 g/mol. The van der Waals surface area contributed by atoms with Crippen molar-refractivity contribution >= 4 is 11.8 Å². The van der Waals surface area contributed by atoms with Gasteiger partial charge in [-0.05, 0) is 13.3 Å². The van der Waals surface area contributed by atoms with E-state index in [0.717, 1.165) is 6.42 Å². The molecule has 1 unspecified atom stereocenters. The molecule has 2 amide bonds. The second-order valence-corrected chi connectivity index (χ2v) is 4.04. The second kappa shape index (κ2) is 7.22. The van der Waals surface area contributed by atoms with Crippen LogP contribution in [0.1, 0.15) is 26.7 Å². The van der Waals surface area contributed by atoms with Crippen LogP contribution in [0.15, 0.2) is 0 Å². The van der Waals surface area contributed by atoms with Crippen molar-refractivity contribution in [1.82, 2.24) is 9.80 Å². The summed E-state index contributed by atoms with van der Waals surface area (Å²) in [5.41, 5.74) is 5.74. The molecule has 0 aliphatic rings. The molecular formula is C11H23N3O2. The third kappa shape index (κ3) is 4.61. The Labute approximate surface area is 97.6 Å². The first-order chi connectivity index (χ1) is 7.43. The van der Waals surface area contributed by atoms with Crippen molar-refractivity contribution in [3.05, 3.63) is 0 Å². The molecule has 2 N–H and O–H groups in total. The SMILES string of the molecule is CCCC(N)C(=O)N(CC)CC(=O)N(C)C. The molecule has 5 heteroatoms. The molecule has 0 rings (SSSR count). The number of carbonyl (C=O) groups excluding carboxylic acids is 2. The summed E-state index contributed by atoms with van der Waals surface area (Å²) in [5.74, 6) is -0.224. The molecule has 1 atom stereocenters. The van der Waals surface area contributed by atoms with Gasteiger partial charge in [-0.1, -0.05) is 13.3 Å². The lowest BCUT2D eigenvalue weighted by Gasteiger charge is -2.25. The third-order valence-electron chi connectivity index (χ3n) is 2.44. The molecule has 0 aromatic heterocycles. The Morgan fingerprint density at radius 2 is 1.81 bits per heavy atom. The minimum Gasteiger partial charge on any atom is -0.347 e.